The monoisotopic (exact) mass is 391 g/mol. The number of hydrogen-bond acceptors (Lipinski definition) is 3. The number of carbonyl (C=O) groups is 2. The summed E-state index contributed by atoms with van der Waals surface area (Å²) in [6.45, 7) is 8.21. The van der Waals surface area contributed by atoms with Gasteiger partial charge in [-0.3, -0.25) is 14.5 Å². The van der Waals surface area contributed by atoms with Crippen molar-refractivity contribution in [2.24, 2.45) is 11.8 Å². The van der Waals surface area contributed by atoms with E-state index in [1.807, 2.05) is 36.9 Å². The first-order valence-electron chi connectivity index (χ1n) is 10.4. The molecule has 0 radical (unpaired) electrons. The van der Waals surface area contributed by atoms with E-state index in [1.54, 1.807) is 0 Å². The van der Waals surface area contributed by atoms with Crippen LogP contribution in [0.3, 0.4) is 0 Å². The number of nitrogens with zero attached hydrogens (tertiary/aromatic N) is 2. The Morgan fingerprint density at radius 1 is 0.931 bits per heavy atom. The van der Waals surface area contributed by atoms with E-state index in [2.05, 4.69) is 40.5 Å². The van der Waals surface area contributed by atoms with Crippen molar-refractivity contribution in [3.05, 3.63) is 65.2 Å². The Hall–Kier alpha value is -2.66. The quantitative estimate of drug-likeness (QED) is 0.851. The molecule has 1 aliphatic heterocycles. The molecule has 29 heavy (non-hydrogen) atoms. The molecule has 2 amide bonds. The molecule has 1 saturated heterocycles. The SMILES string of the molecule is Cc1cc(C)cc(NC(=O)C2CC2C(=O)N2CCN(Cc3ccccc3)CC2)c1. The minimum Gasteiger partial charge on any atom is -0.340 e. The maximum Gasteiger partial charge on any atom is 0.228 e. The molecule has 1 aliphatic carbocycles. The van der Waals surface area contributed by atoms with Gasteiger partial charge >= 0.3 is 0 Å². The molecule has 4 rings (SSSR count). The van der Waals surface area contributed by atoms with Crippen LogP contribution in [0.5, 0.6) is 0 Å². The third-order valence-corrected chi connectivity index (χ3v) is 5.87. The van der Waals surface area contributed by atoms with Gasteiger partial charge in [0, 0.05) is 38.4 Å². The van der Waals surface area contributed by atoms with Crippen molar-refractivity contribution in [2.75, 3.05) is 31.5 Å². The van der Waals surface area contributed by atoms with Crippen LogP contribution in [0, 0.1) is 25.7 Å². The topological polar surface area (TPSA) is 52.7 Å². The van der Waals surface area contributed by atoms with Gasteiger partial charge in [0.15, 0.2) is 0 Å². The summed E-state index contributed by atoms with van der Waals surface area (Å²) in [5.74, 6) is -0.228. The van der Waals surface area contributed by atoms with E-state index >= 15 is 0 Å². The van der Waals surface area contributed by atoms with Crippen LogP contribution >= 0.6 is 0 Å². The Morgan fingerprint density at radius 3 is 2.24 bits per heavy atom. The van der Waals surface area contributed by atoms with Crippen LogP contribution in [-0.4, -0.2) is 47.8 Å². The molecule has 2 atom stereocenters. The average molecular weight is 392 g/mol. The van der Waals surface area contributed by atoms with Gasteiger partial charge < -0.3 is 10.2 Å². The molecule has 5 nitrogen and oxygen atoms in total. The number of hydrogen-bond donors (Lipinski definition) is 1. The van der Waals surface area contributed by atoms with Crippen LogP contribution in [0.15, 0.2) is 48.5 Å². The molecule has 5 heteroatoms. The Kier molecular flexibility index (Phi) is 5.67. The molecule has 2 aromatic rings. The lowest BCUT2D eigenvalue weighted by molar-refractivity contribution is -0.135. The van der Waals surface area contributed by atoms with E-state index < -0.39 is 0 Å². The Labute approximate surface area is 172 Å². The summed E-state index contributed by atoms with van der Waals surface area (Å²) < 4.78 is 0. The van der Waals surface area contributed by atoms with Crippen LogP contribution in [0.2, 0.25) is 0 Å². The molecule has 152 valence electrons. The number of carbonyl (C=O) groups excluding carboxylic acids is 2. The molecule has 1 heterocycles. The molecule has 2 aliphatic rings. The fourth-order valence-corrected chi connectivity index (χ4v) is 4.24. The molecule has 2 fully saturated rings. The van der Waals surface area contributed by atoms with Crippen LogP contribution in [0.4, 0.5) is 5.69 Å². The summed E-state index contributed by atoms with van der Waals surface area (Å²) in [5, 5.41) is 2.99. The molecule has 0 bridgehead atoms. The Morgan fingerprint density at radius 2 is 1.59 bits per heavy atom. The standard InChI is InChI=1S/C24H29N3O2/c1-17-12-18(2)14-20(13-17)25-23(28)21-15-22(21)24(29)27-10-8-26(9-11-27)16-19-6-4-3-5-7-19/h3-7,12-14,21-22H,8-11,15-16H2,1-2H3,(H,25,28). The normalized spacial score (nSPS) is 21.7. The second-order valence-electron chi connectivity index (χ2n) is 8.40. The van der Waals surface area contributed by atoms with Crippen molar-refractivity contribution in [2.45, 2.75) is 26.8 Å². The maximum absolute atomic E-state index is 12.8. The van der Waals surface area contributed by atoms with E-state index in [9.17, 15) is 9.59 Å². The lowest BCUT2D eigenvalue weighted by Crippen LogP contribution is -2.49. The van der Waals surface area contributed by atoms with Gasteiger partial charge in [-0.05, 0) is 49.1 Å². The first-order valence-corrected chi connectivity index (χ1v) is 10.4. The van der Waals surface area contributed by atoms with Gasteiger partial charge in [0.1, 0.15) is 0 Å². The van der Waals surface area contributed by atoms with Gasteiger partial charge in [-0.2, -0.15) is 0 Å². The summed E-state index contributed by atoms with van der Waals surface area (Å²) in [6, 6.07) is 16.4. The molecule has 0 aromatic heterocycles. The first-order chi connectivity index (χ1) is 14.0. The predicted molar refractivity (Wildman–Crippen MR) is 114 cm³/mol. The van der Waals surface area contributed by atoms with Crippen LogP contribution < -0.4 is 5.32 Å². The summed E-state index contributed by atoms with van der Waals surface area (Å²) in [5.41, 5.74) is 4.37. The molecule has 1 saturated carbocycles. The zero-order valence-corrected chi connectivity index (χ0v) is 17.2. The van der Waals surface area contributed by atoms with Crippen molar-refractivity contribution in [3.63, 3.8) is 0 Å². The van der Waals surface area contributed by atoms with Crippen molar-refractivity contribution in [1.82, 2.24) is 9.80 Å². The minimum atomic E-state index is -0.189. The third-order valence-electron chi connectivity index (χ3n) is 5.87. The van der Waals surface area contributed by atoms with Crippen molar-refractivity contribution in [1.29, 1.82) is 0 Å². The zero-order valence-electron chi connectivity index (χ0n) is 17.2. The van der Waals surface area contributed by atoms with Crippen molar-refractivity contribution in [3.8, 4) is 0 Å². The fraction of sp³-hybridized carbons (Fsp3) is 0.417. The van der Waals surface area contributed by atoms with Crippen LogP contribution in [0.1, 0.15) is 23.1 Å². The number of anilines is 1. The van der Waals surface area contributed by atoms with Gasteiger partial charge in [0.25, 0.3) is 0 Å². The molecule has 2 unspecified atom stereocenters. The number of nitrogens with one attached hydrogen (secondary N) is 1. The highest BCUT2D eigenvalue weighted by Gasteiger charge is 2.49. The predicted octanol–water partition coefficient (Wildman–Crippen LogP) is 3.22. The van der Waals surface area contributed by atoms with Crippen LogP contribution in [0.25, 0.3) is 0 Å². The highest BCUT2D eigenvalue weighted by Crippen LogP contribution is 2.41. The van der Waals surface area contributed by atoms with Gasteiger partial charge in [-0.15, -0.1) is 0 Å². The zero-order chi connectivity index (χ0) is 20.4. The van der Waals surface area contributed by atoms with E-state index in [0.29, 0.717) is 6.42 Å². The Bertz CT molecular complexity index is 868. The highest BCUT2D eigenvalue weighted by atomic mass is 16.2. The van der Waals surface area contributed by atoms with Crippen LogP contribution in [-0.2, 0) is 16.1 Å². The van der Waals surface area contributed by atoms with Crippen molar-refractivity contribution >= 4 is 17.5 Å². The number of amides is 2. The Balaban J connectivity index is 1.25. The van der Waals surface area contributed by atoms with E-state index in [1.165, 1.54) is 5.56 Å². The molecular formula is C24H29N3O2. The first kappa shape index (κ1) is 19.6. The molecule has 2 aromatic carbocycles. The number of rotatable bonds is 5. The second-order valence-corrected chi connectivity index (χ2v) is 8.40. The third kappa shape index (κ3) is 4.85. The molecule has 0 spiro atoms. The minimum absolute atomic E-state index is 0.0314. The van der Waals surface area contributed by atoms with E-state index in [-0.39, 0.29) is 23.7 Å². The van der Waals surface area contributed by atoms with Crippen molar-refractivity contribution < 1.29 is 9.59 Å². The lowest BCUT2D eigenvalue weighted by atomic mass is 10.1. The summed E-state index contributed by atoms with van der Waals surface area (Å²) >= 11 is 0. The smallest absolute Gasteiger partial charge is 0.228 e. The fourth-order valence-electron chi connectivity index (χ4n) is 4.24. The van der Waals surface area contributed by atoms with Gasteiger partial charge in [0.2, 0.25) is 11.8 Å². The van der Waals surface area contributed by atoms with E-state index in [0.717, 1.165) is 49.5 Å². The summed E-state index contributed by atoms with van der Waals surface area (Å²) in [6.07, 6.45) is 0.666. The van der Waals surface area contributed by atoms with Gasteiger partial charge in [-0.1, -0.05) is 36.4 Å². The summed E-state index contributed by atoms with van der Waals surface area (Å²) in [7, 11) is 0. The number of piperazine rings is 1. The van der Waals surface area contributed by atoms with E-state index in [4.69, 9.17) is 0 Å². The molecular weight excluding hydrogens is 362 g/mol. The number of benzene rings is 2. The van der Waals surface area contributed by atoms with Gasteiger partial charge in [-0.25, -0.2) is 0 Å². The maximum atomic E-state index is 12.8. The van der Waals surface area contributed by atoms with Gasteiger partial charge in [0.05, 0.1) is 11.8 Å². The number of aryl methyl sites for hydroxylation is 2. The second kappa shape index (κ2) is 8.37. The largest absolute Gasteiger partial charge is 0.340 e. The lowest BCUT2D eigenvalue weighted by Gasteiger charge is -2.35. The highest BCUT2D eigenvalue weighted by molar-refractivity contribution is 5.99. The average Bonchev–Trinajstić information content (AvgIpc) is 3.49. The summed E-state index contributed by atoms with van der Waals surface area (Å²) in [4.78, 5) is 29.7. The molecule has 1 N–H and O–H groups in total.